The van der Waals surface area contributed by atoms with E-state index in [1.807, 2.05) is 0 Å². The minimum atomic E-state index is -2.92. The van der Waals surface area contributed by atoms with Crippen molar-refractivity contribution in [2.75, 3.05) is 18.4 Å². The van der Waals surface area contributed by atoms with E-state index >= 15 is 0 Å². The maximum Gasteiger partial charge on any atom is 0.388 e. The zero-order chi connectivity index (χ0) is 16.5. The smallest absolute Gasteiger partial charge is 0.388 e. The summed E-state index contributed by atoms with van der Waals surface area (Å²) in [4.78, 5) is 8.40. The number of nitrogens with zero attached hydrogens (tertiary/aromatic N) is 3. The third-order valence-electron chi connectivity index (χ3n) is 4.32. The van der Waals surface area contributed by atoms with E-state index in [1.54, 1.807) is 6.20 Å². The van der Waals surface area contributed by atoms with E-state index in [4.69, 9.17) is 4.74 Å². The average Bonchev–Trinajstić information content (AvgIpc) is 3.11. The van der Waals surface area contributed by atoms with Gasteiger partial charge in [0.15, 0.2) is 5.82 Å². The molecular formula is C14H16F2N6O2. The lowest BCUT2D eigenvalue weighted by molar-refractivity contribution is -0.0528. The third kappa shape index (κ3) is 3.09. The molecule has 1 saturated carbocycles. The molecule has 0 radical (unpaired) electrons. The second-order valence-corrected chi connectivity index (χ2v) is 5.84. The molecule has 2 fully saturated rings. The van der Waals surface area contributed by atoms with E-state index < -0.39 is 6.61 Å². The number of hydrogen-bond donors (Lipinski definition) is 3. The highest BCUT2D eigenvalue weighted by Crippen LogP contribution is 2.39. The lowest BCUT2D eigenvalue weighted by Gasteiger charge is -2.38. The molecule has 0 aromatic carbocycles. The lowest BCUT2D eigenvalue weighted by atomic mass is 9.73. The van der Waals surface area contributed by atoms with Crippen molar-refractivity contribution in [1.82, 2.24) is 25.5 Å². The predicted molar refractivity (Wildman–Crippen MR) is 79.4 cm³/mol. The SMILES string of the molecule is FC(F)Oc1cc(Nc2cncc(OC3CC4CNCC43)n2)[nH]n1. The summed E-state index contributed by atoms with van der Waals surface area (Å²) in [5.74, 6) is 2.23. The Balaban J connectivity index is 1.38. The molecule has 3 atom stereocenters. The van der Waals surface area contributed by atoms with Crippen LogP contribution in [0.1, 0.15) is 6.42 Å². The summed E-state index contributed by atoms with van der Waals surface area (Å²) in [6, 6.07) is 1.31. The maximum absolute atomic E-state index is 12.1. The van der Waals surface area contributed by atoms with E-state index in [9.17, 15) is 8.78 Å². The molecule has 128 valence electrons. The zero-order valence-corrected chi connectivity index (χ0v) is 12.6. The first-order valence-electron chi connectivity index (χ1n) is 7.64. The van der Waals surface area contributed by atoms with E-state index in [-0.39, 0.29) is 12.0 Å². The molecule has 0 bridgehead atoms. The standard InChI is InChI=1S/C14H16F2N6O2/c15-14(16)24-12-2-10(21-22-12)19-11-5-18-6-13(20-11)23-9-1-7-3-17-4-8(7)9/h2,5-9,14,17H,1,3-4H2,(H2,19,20,21,22). The fourth-order valence-corrected chi connectivity index (χ4v) is 3.14. The van der Waals surface area contributed by atoms with Gasteiger partial charge < -0.3 is 20.1 Å². The number of fused-ring (bicyclic) bond motifs is 1. The predicted octanol–water partition coefficient (Wildman–Crippen LogP) is 1.53. The van der Waals surface area contributed by atoms with Crippen molar-refractivity contribution >= 4 is 11.6 Å². The Kier molecular flexibility index (Phi) is 3.89. The molecule has 2 aliphatic rings. The van der Waals surface area contributed by atoms with Gasteiger partial charge in [0.05, 0.1) is 12.4 Å². The number of halogens is 2. The molecule has 3 heterocycles. The van der Waals surface area contributed by atoms with Crippen LogP contribution in [0.3, 0.4) is 0 Å². The molecule has 3 N–H and O–H groups in total. The van der Waals surface area contributed by atoms with Gasteiger partial charge in [-0.05, 0) is 18.9 Å². The van der Waals surface area contributed by atoms with Gasteiger partial charge in [-0.15, -0.1) is 5.10 Å². The normalized spacial score (nSPS) is 25.2. The molecule has 10 heteroatoms. The highest BCUT2D eigenvalue weighted by atomic mass is 19.3. The fourth-order valence-electron chi connectivity index (χ4n) is 3.14. The van der Waals surface area contributed by atoms with Crippen LogP contribution < -0.4 is 20.1 Å². The van der Waals surface area contributed by atoms with Gasteiger partial charge in [-0.3, -0.25) is 10.1 Å². The van der Waals surface area contributed by atoms with Gasteiger partial charge in [0.2, 0.25) is 11.8 Å². The molecule has 4 rings (SSSR count). The molecular weight excluding hydrogens is 322 g/mol. The van der Waals surface area contributed by atoms with Crippen molar-refractivity contribution in [3.63, 3.8) is 0 Å². The Morgan fingerprint density at radius 1 is 1.25 bits per heavy atom. The van der Waals surface area contributed by atoms with Crippen LogP contribution in [0.5, 0.6) is 11.8 Å². The zero-order valence-electron chi connectivity index (χ0n) is 12.6. The third-order valence-corrected chi connectivity index (χ3v) is 4.32. The van der Waals surface area contributed by atoms with Crippen molar-refractivity contribution in [2.24, 2.45) is 11.8 Å². The van der Waals surface area contributed by atoms with Crippen LogP contribution in [0.2, 0.25) is 0 Å². The molecule has 0 amide bonds. The first-order chi connectivity index (χ1) is 11.7. The summed E-state index contributed by atoms with van der Waals surface area (Å²) in [6.45, 7) is -0.892. The highest BCUT2D eigenvalue weighted by Gasteiger charge is 2.45. The molecule has 2 aromatic rings. The molecule has 0 spiro atoms. The van der Waals surface area contributed by atoms with Crippen LogP contribution in [-0.4, -0.2) is 46.0 Å². The van der Waals surface area contributed by atoms with Crippen LogP contribution in [0.25, 0.3) is 0 Å². The van der Waals surface area contributed by atoms with E-state index in [1.165, 1.54) is 12.3 Å². The van der Waals surface area contributed by atoms with Crippen LogP contribution in [0.4, 0.5) is 20.4 Å². The van der Waals surface area contributed by atoms with Gasteiger partial charge in [-0.25, -0.2) is 0 Å². The van der Waals surface area contributed by atoms with E-state index in [0.29, 0.717) is 29.4 Å². The molecule has 24 heavy (non-hydrogen) atoms. The van der Waals surface area contributed by atoms with Crippen LogP contribution in [0.15, 0.2) is 18.5 Å². The first-order valence-corrected chi connectivity index (χ1v) is 7.64. The highest BCUT2D eigenvalue weighted by molar-refractivity contribution is 5.52. The monoisotopic (exact) mass is 338 g/mol. The Morgan fingerprint density at radius 3 is 3.00 bits per heavy atom. The van der Waals surface area contributed by atoms with Crippen LogP contribution in [0, 0.1) is 11.8 Å². The molecule has 8 nitrogen and oxygen atoms in total. The molecule has 3 unspecified atom stereocenters. The van der Waals surface area contributed by atoms with Crippen molar-refractivity contribution in [3.8, 4) is 11.8 Å². The van der Waals surface area contributed by atoms with Gasteiger partial charge in [-0.2, -0.15) is 13.8 Å². The lowest BCUT2D eigenvalue weighted by Crippen LogP contribution is -2.44. The summed E-state index contributed by atoms with van der Waals surface area (Å²) in [6.07, 6.45) is 4.24. The number of aromatic amines is 1. The quantitative estimate of drug-likeness (QED) is 0.735. The minimum Gasteiger partial charge on any atom is -0.473 e. The average molecular weight is 338 g/mol. The number of anilines is 2. The second-order valence-electron chi connectivity index (χ2n) is 5.84. The number of rotatable bonds is 6. The largest absolute Gasteiger partial charge is 0.473 e. The van der Waals surface area contributed by atoms with Crippen molar-refractivity contribution in [3.05, 3.63) is 18.5 Å². The number of aromatic nitrogens is 4. The topological polar surface area (TPSA) is 97.0 Å². The number of ether oxygens (including phenoxy) is 2. The Bertz CT molecular complexity index is 712. The van der Waals surface area contributed by atoms with Gasteiger partial charge in [0, 0.05) is 18.5 Å². The van der Waals surface area contributed by atoms with E-state index in [2.05, 4.69) is 35.5 Å². The Labute approximate surface area is 136 Å². The van der Waals surface area contributed by atoms with Crippen molar-refractivity contribution < 1.29 is 18.3 Å². The Hall–Kier alpha value is -2.49. The number of H-pyrrole nitrogens is 1. The summed E-state index contributed by atoms with van der Waals surface area (Å²) in [7, 11) is 0. The van der Waals surface area contributed by atoms with Gasteiger partial charge >= 0.3 is 6.61 Å². The molecule has 1 aliphatic carbocycles. The minimum absolute atomic E-state index is 0.160. The van der Waals surface area contributed by atoms with E-state index in [0.717, 1.165) is 19.5 Å². The fraction of sp³-hybridized carbons (Fsp3) is 0.500. The van der Waals surface area contributed by atoms with Crippen LogP contribution >= 0.6 is 0 Å². The van der Waals surface area contributed by atoms with Gasteiger partial charge in [-0.1, -0.05) is 0 Å². The number of nitrogens with one attached hydrogen (secondary N) is 3. The van der Waals surface area contributed by atoms with Gasteiger partial charge in [0.1, 0.15) is 11.9 Å². The molecule has 2 aromatic heterocycles. The maximum atomic E-state index is 12.1. The molecule has 1 saturated heterocycles. The van der Waals surface area contributed by atoms with Gasteiger partial charge in [0.25, 0.3) is 0 Å². The summed E-state index contributed by atoms with van der Waals surface area (Å²) >= 11 is 0. The number of alkyl halides is 2. The summed E-state index contributed by atoms with van der Waals surface area (Å²) < 4.78 is 34.3. The summed E-state index contributed by atoms with van der Waals surface area (Å²) in [5, 5.41) is 12.4. The molecule has 1 aliphatic heterocycles. The van der Waals surface area contributed by atoms with Crippen molar-refractivity contribution in [1.29, 1.82) is 0 Å². The first kappa shape index (κ1) is 15.1. The van der Waals surface area contributed by atoms with Crippen LogP contribution in [-0.2, 0) is 0 Å². The number of hydrogen-bond acceptors (Lipinski definition) is 7. The van der Waals surface area contributed by atoms with Crippen molar-refractivity contribution in [2.45, 2.75) is 19.1 Å². The Morgan fingerprint density at radius 2 is 2.17 bits per heavy atom. The summed E-state index contributed by atoms with van der Waals surface area (Å²) in [5.41, 5.74) is 0. The second kappa shape index (κ2) is 6.19.